The van der Waals surface area contributed by atoms with Gasteiger partial charge in [0.15, 0.2) is 5.16 Å². The van der Waals surface area contributed by atoms with Crippen LogP contribution in [0.15, 0.2) is 28.2 Å². The standard InChI is InChI=1S/C17H15F2N5O2S/c18-9-5-6-12(11(19)7-9)20-14(25)8-27-17-23-22-16-21-15(26)10-3-1-2-4-13(10)24(16)17/h5-7H,1-4,8H2,(H,20,25)(H,21,22,26). The number of anilines is 1. The maximum Gasteiger partial charge on any atom is 0.255 e. The SMILES string of the molecule is O=C(CSc1nnc2[nH]c(=O)c3c(n12)CCCC3)Nc1ccc(F)cc1F. The van der Waals surface area contributed by atoms with E-state index in [1.165, 1.54) is 6.07 Å². The molecule has 3 aromatic rings. The monoisotopic (exact) mass is 391 g/mol. The van der Waals surface area contributed by atoms with E-state index >= 15 is 0 Å². The molecule has 10 heteroatoms. The lowest BCUT2D eigenvalue weighted by atomic mass is 9.97. The number of nitrogens with zero attached hydrogens (tertiary/aromatic N) is 3. The summed E-state index contributed by atoms with van der Waals surface area (Å²) in [6, 6.07) is 2.94. The number of thioether (sulfide) groups is 1. The van der Waals surface area contributed by atoms with Gasteiger partial charge in [-0.15, -0.1) is 10.2 Å². The molecule has 0 bridgehead atoms. The molecule has 2 aromatic heterocycles. The molecule has 0 aliphatic heterocycles. The van der Waals surface area contributed by atoms with Crippen molar-refractivity contribution in [2.45, 2.75) is 30.8 Å². The van der Waals surface area contributed by atoms with Gasteiger partial charge in [0.05, 0.1) is 11.4 Å². The molecule has 0 saturated heterocycles. The first-order valence-electron chi connectivity index (χ1n) is 8.40. The quantitative estimate of drug-likeness (QED) is 0.666. The van der Waals surface area contributed by atoms with Crippen molar-refractivity contribution in [3.63, 3.8) is 0 Å². The number of hydrogen-bond acceptors (Lipinski definition) is 5. The van der Waals surface area contributed by atoms with E-state index in [-0.39, 0.29) is 17.0 Å². The number of fused-ring (bicyclic) bond motifs is 3. The number of carbonyl (C=O) groups is 1. The first-order valence-corrected chi connectivity index (χ1v) is 9.38. The van der Waals surface area contributed by atoms with Crippen LogP contribution in [0.1, 0.15) is 24.1 Å². The fourth-order valence-electron chi connectivity index (χ4n) is 3.15. The molecule has 0 fully saturated rings. The maximum atomic E-state index is 13.6. The van der Waals surface area contributed by atoms with E-state index < -0.39 is 17.5 Å². The minimum Gasteiger partial charge on any atom is -0.323 e. The van der Waals surface area contributed by atoms with Gasteiger partial charge >= 0.3 is 0 Å². The number of H-pyrrole nitrogens is 1. The lowest BCUT2D eigenvalue weighted by Crippen LogP contribution is -2.23. The summed E-state index contributed by atoms with van der Waals surface area (Å²) < 4.78 is 28.3. The second kappa shape index (κ2) is 7.10. The van der Waals surface area contributed by atoms with E-state index in [9.17, 15) is 18.4 Å². The largest absolute Gasteiger partial charge is 0.323 e. The number of rotatable bonds is 4. The van der Waals surface area contributed by atoms with Gasteiger partial charge in [0, 0.05) is 17.3 Å². The molecule has 0 saturated carbocycles. The number of aryl methyl sites for hydroxylation is 1. The van der Waals surface area contributed by atoms with Gasteiger partial charge in [-0.3, -0.25) is 19.0 Å². The van der Waals surface area contributed by atoms with Gasteiger partial charge in [0.1, 0.15) is 11.6 Å². The third kappa shape index (κ3) is 3.44. The zero-order valence-electron chi connectivity index (χ0n) is 14.1. The Morgan fingerprint density at radius 2 is 2.07 bits per heavy atom. The van der Waals surface area contributed by atoms with Crippen LogP contribution in [-0.4, -0.2) is 31.2 Å². The van der Waals surface area contributed by atoms with E-state index in [0.29, 0.717) is 23.4 Å². The predicted octanol–water partition coefficient (Wildman–Crippen LogP) is 2.31. The summed E-state index contributed by atoms with van der Waals surface area (Å²) in [5.74, 6) is -1.71. The number of halogens is 2. The highest BCUT2D eigenvalue weighted by Crippen LogP contribution is 2.24. The summed E-state index contributed by atoms with van der Waals surface area (Å²) in [7, 11) is 0. The molecule has 1 aliphatic carbocycles. The molecular weight excluding hydrogens is 376 g/mol. The zero-order valence-corrected chi connectivity index (χ0v) is 14.9. The van der Waals surface area contributed by atoms with Gasteiger partial charge < -0.3 is 5.32 Å². The topological polar surface area (TPSA) is 92.2 Å². The Bertz CT molecular complexity index is 1090. The van der Waals surface area contributed by atoms with Crippen molar-refractivity contribution in [2.24, 2.45) is 0 Å². The first kappa shape index (κ1) is 17.7. The third-order valence-corrected chi connectivity index (χ3v) is 5.31. The number of carbonyl (C=O) groups excluding carboxylic acids is 1. The Balaban J connectivity index is 1.54. The van der Waals surface area contributed by atoms with Crippen LogP contribution in [0.25, 0.3) is 5.78 Å². The number of aromatic nitrogens is 4. The summed E-state index contributed by atoms with van der Waals surface area (Å²) in [6.07, 6.45) is 3.37. The van der Waals surface area contributed by atoms with Crippen LogP contribution in [-0.2, 0) is 17.6 Å². The van der Waals surface area contributed by atoms with Crippen LogP contribution >= 0.6 is 11.8 Å². The molecule has 1 aromatic carbocycles. The summed E-state index contributed by atoms with van der Waals surface area (Å²) in [5, 5.41) is 10.9. The van der Waals surface area contributed by atoms with E-state index in [1.54, 1.807) is 4.40 Å². The molecule has 0 radical (unpaired) electrons. The number of nitrogens with one attached hydrogen (secondary N) is 2. The average molecular weight is 391 g/mol. The molecule has 140 valence electrons. The summed E-state index contributed by atoms with van der Waals surface area (Å²) in [5.41, 5.74) is 1.37. The number of benzene rings is 1. The predicted molar refractivity (Wildman–Crippen MR) is 96.0 cm³/mol. The Labute approximate surface area is 156 Å². The van der Waals surface area contributed by atoms with Gasteiger partial charge in [0.25, 0.3) is 5.56 Å². The van der Waals surface area contributed by atoms with Crippen molar-refractivity contribution in [2.75, 3.05) is 11.1 Å². The Kier molecular flexibility index (Phi) is 4.65. The van der Waals surface area contributed by atoms with Gasteiger partial charge in [-0.1, -0.05) is 11.8 Å². The van der Waals surface area contributed by atoms with E-state index in [4.69, 9.17) is 0 Å². The fraction of sp³-hybridized carbons (Fsp3) is 0.294. The molecular formula is C17H15F2N5O2S. The molecule has 0 unspecified atom stereocenters. The maximum absolute atomic E-state index is 13.6. The van der Waals surface area contributed by atoms with Gasteiger partial charge in [-0.05, 0) is 37.8 Å². The average Bonchev–Trinajstić information content (AvgIpc) is 3.05. The normalized spacial score (nSPS) is 13.6. The second-order valence-electron chi connectivity index (χ2n) is 6.19. The molecule has 7 nitrogen and oxygen atoms in total. The first-order chi connectivity index (χ1) is 13.0. The molecule has 2 N–H and O–H groups in total. The Morgan fingerprint density at radius 3 is 2.89 bits per heavy atom. The van der Waals surface area contributed by atoms with E-state index in [1.807, 2.05) is 0 Å². The summed E-state index contributed by atoms with van der Waals surface area (Å²) in [4.78, 5) is 27.0. The molecule has 2 heterocycles. The Hall–Kier alpha value is -2.75. The van der Waals surface area contributed by atoms with Gasteiger partial charge in [0.2, 0.25) is 11.7 Å². The van der Waals surface area contributed by atoms with Crippen molar-refractivity contribution >= 4 is 29.1 Å². The van der Waals surface area contributed by atoms with Crippen LogP contribution in [0.5, 0.6) is 0 Å². The number of amides is 1. The van der Waals surface area contributed by atoms with Crippen molar-refractivity contribution in [3.8, 4) is 0 Å². The molecule has 27 heavy (non-hydrogen) atoms. The third-order valence-electron chi connectivity index (χ3n) is 4.38. The minimum absolute atomic E-state index is 0.0362. The van der Waals surface area contributed by atoms with Gasteiger partial charge in [-0.2, -0.15) is 0 Å². The molecule has 1 amide bonds. The molecule has 0 atom stereocenters. The Morgan fingerprint density at radius 1 is 1.26 bits per heavy atom. The zero-order chi connectivity index (χ0) is 19.0. The van der Waals surface area contributed by atoms with Crippen LogP contribution in [0.2, 0.25) is 0 Å². The summed E-state index contributed by atoms with van der Waals surface area (Å²) >= 11 is 1.13. The highest BCUT2D eigenvalue weighted by molar-refractivity contribution is 7.99. The molecule has 0 spiro atoms. The van der Waals surface area contributed by atoms with Gasteiger partial charge in [-0.25, -0.2) is 8.78 Å². The highest BCUT2D eigenvalue weighted by atomic mass is 32.2. The van der Waals surface area contributed by atoms with Crippen molar-refractivity contribution in [1.82, 2.24) is 19.6 Å². The van der Waals surface area contributed by atoms with Crippen LogP contribution in [0, 0.1) is 11.6 Å². The summed E-state index contributed by atoms with van der Waals surface area (Å²) in [6.45, 7) is 0. The highest BCUT2D eigenvalue weighted by Gasteiger charge is 2.20. The minimum atomic E-state index is -0.840. The fourth-order valence-corrected chi connectivity index (χ4v) is 3.91. The number of hydrogen-bond donors (Lipinski definition) is 2. The smallest absolute Gasteiger partial charge is 0.255 e. The van der Waals surface area contributed by atoms with Crippen molar-refractivity contribution < 1.29 is 13.6 Å². The van der Waals surface area contributed by atoms with Crippen LogP contribution in [0.3, 0.4) is 0 Å². The van der Waals surface area contributed by atoms with E-state index in [2.05, 4.69) is 20.5 Å². The van der Waals surface area contributed by atoms with Crippen molar-refractivity contribution in [3.05, 3.63) is 51.4 Å². The van der Waals surface area contributed by atoms with E-state index in [0.717, 1.165) is 48.3 Å². The van der Waals surface area contributed by atoms with Crippen LogP contribution < -0.4 is 10.9 Å². The number of aromatic amines is 1. The molecule has 1 aliphatic rings. The van der Waals surface area contributed by atoms with Crippen molar-refractivity contribution in [1.29, 1.82) is 0 Å². The van der Waals surface area contributed by atoms with Crippen LogP contribution in [0.4, 0.5) is 14.5 Å². The molecule has 4 rings (SSSR count). The second-order valence-corrected chi connectivity index (χ2v) is 7.13. The lowest BCUT2D eigenvalue weighted by molar-refractivity contribution is -0.113. The lowest BCUT2D eigenvalue weighted by Gasteiger charge is -2.16.